The molecular weight excluding hydrogens is 242 g/mol. The first-order valence-electron chi connectivity index (χ1n) is 6.57. The predicted molar refractivity (Wildman–Crippen MR) is 75.2 cm³/mol. The Kier molecular flexibility index (Phi) is 3.04. The van der Waals surface area contributed by atoms with E-state index in [-0.39, 0.29) is 6.10 Å². The fraction of sp³-hybridized carbons (Fsp3) is 0.467. The quantitative estimate of drug-likeness (QED) is 0.878. The van der Waals surface area contributed by atoms with E-state index in [0.29, 0.717) is 0 Å². The van der Waals surface area contributed by atoms with Crippen molar-refractivity contribution < 1.29 is 5.11 Å². The second-order valence-electron chi connectivity index (χ2n) is 5.19. The minimum Gasteiger partial charge on any atom is -0.388 e. The number of aliphatic hydroxyl groups is 1. The first kappa shape index (κ1) is 12.0. The van der Waals surface area contributed by atoms with Crippen LogP contribution in [0, 0.1) is 13.8 Å². The highest BCUT2D eigenvalue weighted by Gasteiger charge is 2.23. The Morgan fingerprint density at radius 2 is 2.22 bits per heavy atom. The molecule has 1 atom stereocenters. The average molecular weight is 261 g/mol. The van der Waals surface area contributed by atoms with Crippen LogP contribution in [0.4, 0.5) is 0 Å². The van der Waals surface area contributed by atoms with Crippen LogP contribution in [-0.2, 0) is 13.0 Å². The molecule has 0 aromatic carbocycles. The number of nitrogens with zero attached hydrogens (tertiary/aromatic N) is 1. The summed E-state index contributed by atoms with van der Waals surface area (Å²) in [6.45, 7) is 5.24. The minimum atomic E-state index is -0.251. The van der Waals surface area contributed by atoms with Gasteiger partial charge in [0.25, 0.3) is 0 Å². The van der Waals surface area contributed by atoms with Crippen LogP contribution >= 0.6 is 11.3 Å². The zero-order chi connectivity index (χ0) is 12.7. The van der Waals surface area contributed by atoms with Gasteiger partial charge in [0.05, 0.1) is 12.6 Å². The van der Waals surface area contributed by atoms with Crippen LogP contribution in [0.3, 0.4) is 0 Å². The maximum Gasteiger partial charge on any atom is 0.0807 e. The molecule has 18 heavy (non-hydrogen) atoms. The molecule has 1 N–H and O–H groups in total. The number of hydrogen-bond acceptors (Lipinski definition) is 2. The number of aliphatic hydroxyl groups excluding tert-OH is 1. The van der Waals surface area contributed by atoms with Crippen molar-refractivity contribution >= 4 is 11.3 Å². The van der Waals surface area contributed by atoms with Crippen LogP contribution in [-0.4, -0.2) is 9.67 Å². The van der Waals surface area contributed by atoms with Gasteiger partial charge in [0.15, 0.2) is 0 Å². The Balaban J connectivity index is 1.97. The van der Waals surface area contributed by atoms with Gasteiger partial charge in [0.2, 0.25) is 0 Å². The summed E-state index contributed by atoms with van der Waals surface area (Å²) in [5.74, 6) is 0. The van der Waals surface area contributed by atoms with Gasteiger partial charge in [-0.05, 0) is 51.3 Å². The van der Waals surface area contributed by atoms with Crippen molar-refractivity contribution in [2.75, 3.05) is 0 Å². The summed E-state index contributed by atoms with van der Waals surface area (Å²) in [6, 6.07) is 6.56. The fourth-order valence-electron chi connectivity index (χ4n) is 2.89. The summed E-state index contributed by atoms with van der Waals surface area (Å²) < 4.78 is 2.38. The molecule has 1 aliphatic carbocycles. The van der Waals surface area contributed by atoms with Crippen molar-refractivity contribution in [2.24, 2.45) is 0 Å². The van der Waals surface area contributed by atoms with Crippen LogP contribution in [0.1, 0.15) is 45.7 Å². The lowest BCUT2D eigenvalue weighted by molar-refractivity contribution is 0.156. The number of aryl methyl sites for hydroxylation is 2. The molecular formula is C15H19NOS. The summed E-state index contributed by atoms with van der Waals surface area (Å²) in [5.41, 5.74) is 3.77. The molecule has 3 rings (SSSR count). The lowest BCUT2D eigenvalue weighted by Crippen LogP contribution is -2.12. The monoisotopic (exact) mass is 261 g/mol. The molecule has 0 saturated carbocycles. The van der Waals surface area contributed by atoms with E-state index in [1.807, 2.05) is 11.3 Å². The summed E-state index contributed by atoms with van der Waals surface area (Å²) >= 11 is 1.86. The maximum atomic E-state index is 10.1. The average Bonchev–Trinajstić information content (AvgIpc) is 2.87. The Morgan fingerprint density at radius 1 is 1.39 bits per heavy atom. The molecule has 0 aliphatic heterocycles. The van der Waals surface area contributed by atoms with Crippen molar-refractivity contribution in [3.8, 4) is 0 Å². The zero-order valence-corrected chi connectivity index (χ0v) is 11.8. The highest BCUT2D eigenvalue weighted by molar-refractivity contribution is 7.11. The number of thiophene rings is 1. The van der Waals surface area contributed by atoms with Gasteiger partial charge in [-0.2, -0.15) is 0 Å². The number of fused-ring (bicyclic) bond motifs is 1. The highest BCUT2D eigenvalue weighted by Crippen LogP contribution is 2.33. The fourth-order valence-corrected chi connectivity index (χ4v) is 3.77. The van der Waals surface area contributed by atoms with Crippen LogP contribution in [0.5, 0.6) is 0 Å². The van der Waals surface area contributed by atoms with Gasteiger partial charge in [-0.1, -0.05) is 0 Å². The summed E-state index contributed by atoms with van der Waals surface area (Å²) in [4.78, 5) is 2.76. The third kappa shape index (κ3) is 2.02. The molecule has 0 radical (unpaired) electrons. The lowest BCUT2D eigenvalue weighted by atomic mass is 9.95. The summed E-state index contributed by atoms with van der Waals surface area (Å²) in [5, 5.41) is 10.1. The summed E-state index contributed by atoms with van der Waals surface area (Å²) in [6.07, 6.45) is 2.86. The van der Waals surface area contributed by atoms with Gasteiger partial charge in [-0.15, -0.1) is 11.3 Å². The standard InChI is InChI=1S/C15H19NOS/c1-10-8-13-14(4-3-5-15(13)17)16(10)9-12-7-6-11(2)18-12/h6-8,15,17H,3-5,9H2,1-2H3. The molecule has 2 aromatic rings. The first-order valence-corrected chi connectivity index (χ1v) is 7.39. The smallest absolute Gasteiger partial charge is 0.0807 e. The summed E-state index contributed by atoms with van der Waals surface area (Å²) in [7, 11) is 0. The maximum absolute atomic E-state index is 10.1. The third-order valence-corrected chi connectivity index (χ3v) is 4.79. The van der Waals surface area contributed by atoms with E-state index in [4.69, 9.17) is 0 Å². The van der Waals surface area contributed by atoms with E-state index in [1.54, 1.807) is 0 Å². The Hall–Kier alpha value is -1.06. The molecule has 0 saturated heterocycles. The molecule has 96 valence electrons. The van der Waals surface area contributed by atoms with Gasteiger partial charge < -0.3 is 9.67 Å². The van der Waals surface area contributed by atoms with E-state index in [2.05, 4.69) is 36.6 Å². The lowest BCUT2D eigenvalue weighted by Gasteiger charge is -2.20. The van der Waals surface area contributed by atoms with E-state index < -0.39 is 0 Å². The van der Waals surface area contributed by atoms with Gasteiger partial charge in [-0.3, -0.25) is 0 Å². The Labute approximate surface area is 112 Å². The minimum absolute atomic E-state index is 0.251. The molecule has 2 aromatic heterocycles. The normalized spacial score (nSPS) is 18.9. The second-order valence-corrected chi connectivity index (χ2v) is 6.57. The van der Waals surface area contributed by atoms with Gasteiger partial charge in [0, 0.05) is 26.7 Å². The second kappa shape index (κ2) is 4.56. The van der Waals surface area contributed by atoms with Crippen LogP contribution in [0.2, 0.25) is 0 Å². The number of aromatic nitrogens is 1. The SMILES string of the molecule is Cc1ccc(Cn2c(C)cc3c2CCCC3O)s1. The molecule has 0 spiro atoms. The van der Waals surface area contributed by atoms with E-state index in [1.165, 1.54) is 21.1 Å². The van der Waals surface area contributed by atoms with E-state index >= 15 is 0 Å². The molecule has 0 amide bonds. The van der Waals surface area contributed by atoms with Crippen LogP contribution in [0.25, 0.3) is 0 Å². The van der Waals surface area contributed by atoms with Crippen molar-refractivity contribution in [3.63, 3.8) is 0 Å². The van der Waals surface area contributed by atoms with Crippen LogP contribution < -0.4 is 0 Å². The predicted octanol–water partition coefficient (Wildman–Crippen LogP) is 3.58. The molecule has 1 aliphatic rings. The number of rotatable bonds is 2. The zero-order valence-electron chi connectivity index (χ0n) is 10.9. The first-order chi connectivity index (χ1) is 8.65. The Bertz CT molecular complexity index is 567. The topological polar surface area (TPSA) is 25.2 Å². The van der Waals surface area contributed by atoms with Gasteiger partial charge >= 0.3 is 0 Å². The highest BCUT2D eigenvalue weighted by atomic mass is 32.1. The van der Waals surface area contributed by atoms with Crippen LogP contribution in [0.15, 0.2) is 18.2 Å². The molecule has 2 heterocycles. The molecule has 0 fully saturated rings. The molecule has 1 unspecified atom stereocenters. The van der Waals surface area contributed by atoms with Crippen molar-refractivity contribution in [3.05, 3.63) is 44.9 Å². The largest absolute Gasteiger partial charge is 0.388 e. The van der Waals surface area contributed by atoms with Gasteiger partial charge in [0.1, 0.15) is 0 Å². The molecule has 0 bridgehead atoms. The third-order valence-electron chi connectivity index (χ3n) is 3.81. The van der Waals surface area contributed by atoms with Crippen molar-refractivity contribution in [1.82, 2.24) is 4.57 Å². The van der Waals surface area contributed by atoms with Crippen molar-refractivity contribution in [2.45, 2.75) is 45.8 Å². The van der Waals surface area contributed by atoms with Crippen molar-refractivity contribution in [1.29, 1.82) is 0 Å². The van der Waals surface area contributed by atoms with E-state index in [9.17, 15) is 5.11 Å². The van der Waals surface area contributed by atoms with E-state index in [0.717, 1.165) is 31.4 Å². The van der Waals surface area contributed by atoms with Gasteiger partial charge in [-0.25, -0.2) is 0 Å². The molecule has 2 nitrogen and oxygen atoms in total. The molecule has 3 heteroatoms. The number of hydrogen-bond donors (Lipinski definition) is 1. The Morgan fingerprint density at radius 3 is 2.94 bits per heavy atom.